The summed E-state index contributed by atoms with van der Waals surface area (Å²) in [5, 5.41) is 11.4. The number of aliphatic hydroxyl groups excluding tert-OH is 1. The van der Waals surface area contributed by atoms with E-state index in [4.69, 9.17) is 16.7 Å². The third-order valence-corrected chi connectivity index (χ3v) is 5.08. The Hall–Kier alpha value is -3.24. The molecular weight excluding hydrogens is 437 g/mol. The second-order valence-corrected chi connectivity index (χ2v) is 7.18. The van der Waals surface area contributed by atoms with Crippen LogP contribution in [-0.2, 0) is 22.3 Å². The molecule has 0 bridgehead atoms. The lowest BCUT2D eigenvalue weighted by Gasteiger charge is -2.10. The minimum atomic E-state index is -4.66. The zero-order valence-corrected chi connectivity index (χ0v) is 16.5. The first-order chi connectivity index (χ1) is 14.7. The van der Waals surface area contributed by atoms with Gasteiger partial charge in [-0.25, -0.2) is 4.98 Å². The molecule has 31 heavy (non-hydrogen) atoms. The van der Waals surface area contributed by atoms with Crippen LogP contribution in [0.15, 0.2) is 36.8 Å². The number of fused-ring (bicyclic) bond motifs is 1. The zero-order chi connectivity index (χ0) is 22.3. The summed E-state index contributed by atoms with van der Waals surface area (Å²) in [5.41, 5.74) is -0.687. The number of alkyl halides is 3. The number of pyridine rings is 2. The predicted molar refractivity (Wildman–Crippen MR) is 106 cm³/mol. The second kappa shape index (κ2) is 7.78. The molecule has 0 saturated heterocycles. The van der Waals surface area contributed by atoms with Gasteiger partial charge in [0.2, 0.25) is 0 Å². The van der Waals surface area contributed by atoms with Gasteiger partial charge in [0.05, 0.1) is 27.4 Å². The Balaban J connectivity index is 1.94. The summed E-state index contributed by atoms with van der Waals surface area (Å²) in [6.45, 7) is 0.349. The van der Waals surface area contributed by atoms with Gasteiger partial charge in [0.25, 0.3) is 11.8 Å². The Morgan fingerprint density at radius 3 is 2.58 bits per heavy atom. The largest absolute Gasteiger partial charge is 0.417 e. The van der Waals surface area contributed by atoms with Crippen molar-refractivity contribution in [1.82, 2.24) is 19.9 Å². The first-order valence-electron chi connectivity index (χ1n) is 9.10. The highest BCUT2D eigenvalue weighted by molar-refractivity contribution is 6.51. The number of halogens is 4. The van der Waals surface area contributed by atoms with E-state index in [0.717, 1.165) is 0 Å². The van der Waals surface area contributed by atoms with Crippen LogP contribution < -0.4 is 5.32 Å². The molecule has 0 atom stereocenters. The van der Waals surface area contributed by atoms with Crippen molar-refractivity contribution in [1.29, 1.82) is 0 Å². The molecule has 0 fully saturated rings. The first kappa shape index (κ1) is 21.0. The maximum absolute atomic E-state index is 13.0. The van der Waals surface area contributed by atoms with Crippen LogP contribution in [0.4, 0.5) is 13.2 Å². The highest BCUT2D eigenvalue weighted by atomic mass is 35.5. The normalized spacial score (nSPS) is 14.6. The molecule has 2 amide bonds. The van der Waals surface area contributed by atoms with E-state index in [0.29, 0.717) is 41.8 Å². The van der Waals surface area contributed by atoms with E-state index in [1.807, 2.05) is 0 Å². The van der Waals surface area contributed by atoms with E-state index in [1.54, 1.807) is 29.1 Å². The Bertz CT molecular complexity index is 1250. The second-order valence-electron chi connectivity index (χ2n) is 6.77. The fourth-order valence-electron chi connectivity index (χ4n) is 3.45. The topological polar surface area (TPSA) is 97.1 Å². The Labute approximate surface area is 178 Å². The maximum Gasteiger partial charge on any atom is 0.417 e. The van der Waals surface area contributed by atoms with E-state index in [2.05, 4.69) is 15.3 Å². The van der Waals surface area contributed by atoms with Crippen molar-refractivity contribution < 1.29 is 27.9 Å². The summed E-state index contributed by atoms with van der Waals surface area (Å²) in [6.07, 6.45) is -0.493. The molecule has 0 saturated carbocycles. The van der Waals surface area contributed by atoms with E-state index in [-0.39, 0.29) is 23.4 Å². The van der Waals surface area contributed by atoms with Gasteiger partial charge in [-0.1, -0.05) is 11.6 Å². The summed E-state index contributed by atoms with van der Waals surface area (Å²) in [4.78, 5) is 33.3. The van der Waals surface area contributed by atoms with Gasteiger partial charge in [0.1, 0.15) is 5.65 Å². The number of aryl methyl sites for hydroxylation is 1. The molecule has 4 heterocycles. The van der Waals surface area contributed by atoms with E-state index in [1.165, 1.54) is 0 Å². The minimum absolute atomic E-state index is 0.0556. The van der Waals surface area contributed by atoms with Gasteiger partial charge in [0, 0.05) is 42.7 Å². The quantitative estimate of drug-likeness (QED) is 0.582. The standard InChI is InChI=1S/C20H14ClF3N4O3/c21-13-7-10(20(22,23)24)8-26-16(13)15-14(18(30)27-19(15)31)12-9-28(5-2-6-29)17-11(12)3-1-4-25-17/h1,3-4,7-9,29H,2,5-6H2,(H,27,30,31). The number of imide groups is 1. The smallest absolute Gasteiger partial charge is 0.396 e. The van der Waals surface area contributed by atoms with E-state index in [9.17, 15) is 22.8 Å². The lowest BCUT2D eigenvalue weighted by Crippen LogP contribution is -2.23. The van der Waals surface area contributed by atoms with Gasteiger partial charge in [-0.2, -0.15) is 13.2 Å². The van der Waals surface area contributed by atoms with Gasteiger partial charge >= 0.3 is 6.18 Å². The van der Waals surface area contributed by atoms with Crippen LogP contribution in [0.25, 0.3) is 22.2 Å². The van der Waals surface area contributed by atoms with Gasteiger partial charge < -0.3 is 9.67 Å². The van der Waals surface area contributed by atoms with Crippen molar-refractivity contribution in [3.63, 3.8) is 0 Å². The van der Waals surface area contributed by atoms with Crippen molar-refractivity contribution in [3.05, 3.63) is 58.6 Å². The Morgan fingerprint density at radius 1 is 1.16 bits per heavy atom. The van der Waals surface area contributed by atoms with Gasteiger partial charge in [-0.15, -0.1) is 0 Å². The molecule has 3 aromatic heterocycles. The molecule has 4 rings (SSSR count). The van der Waals surface area contributed by atoms with Crippen LogP contribution in [0.1, 0.15) is 23.2 Å². The van der Waals surface area contributed by atoms with Crippen LogP contribution in [0, 0.1) is 0 Å². The van der Waals surface area contributed by atoms with Crippen LogP contribution >= 0.6 is 11.6 Å². The molecule has 2 N–H and O–H groups in total. The summed E-state index contributed by atoms with van der Waals surface area (Å²) in [5.74, 6) is -1.53. The minimum Gasteiger partial charge on any atom is -0.396 e. The highest BCUT2D eigenvalue weighted by Gasteiger charge is 2.37. The average Bonchev–Trinajstić information content (AvgIpc) is 3.22. The van der Waals surface area contributed by atoms with Crippen molar-refractivity contribution in [2.75, 3.05) is 6.61 Å². The van der Waals surface area contributed by atoms with E-state index >= 15 is 0 Å². The first-order valence-corrected chi connectivity index (χ1v) is 9.48. The molecule has 0 radical (unpaired) electrons. The molecule has 1 aliphatic heterocycles. The number of carbonyl (C=O) groups excluding carboxylic acids is 2. The summed E-state index contributed by atoms with van der Waals surface area (Å²) in [7, 11) is 0. The number of hydrogen-bond donors (Lipinski definition) is 2. The Kier molecular flexibility index (Phi) is 5.28. The number of rotatable bonds is 5. The summed E-state index contributed by atoms with van der Waals surface area (Å²) < 4.78 is 40.6. The lowest BCUT2D eigenvalue weighted by molar-refractivity contribution is -0.137. The van der Waals surface area contributed by atoms with Crippen LogP contribution in [-0.4, -0.2) is 38.1 Å². The fourth-order valence-corrected chi connectivity index (χ4v) is 3.71. The van der Waals surface area contributed by atoms with Crippen molar-refractivity contribution in [2.45, 2.75) is 19.1 Å². The lowest BCUT2D eigenvalue weighted by atomic mass is 9.99. The van der Waals surface area contributed by atoms with Crippen molar-refractivity contribution in [3.8, 4) is 0 Å². The number of aromatic nitrogens is 3. The number of hydrogen-bond acceptors (Lipinski definition) is 5. The number of nitrogens with one attached hydrogen (secondary N) is 1. The molecule has 7 nitrogen and oxygen atoms in total. The van der Waals surface area contributed by atoms with Crippen LogP contribution in [0.3, 0.4) is 0 Å². The maximum atomic E-state index is 13.0. The van der Waals surface area contributed by atoms with Gasteiger partial charge in [-0.3, -0.25) is 19.9 Å². The van der Waals surface area contributed by atoms with E-state index < -0.39 is 28.6 Å². The third-order valence-electron chi connectivity index (χ3n) is 4.80. The Morgan fingerprint density at radius 2 is 1.90 bits per heavy atom. The molecule has 1 aliphatic rings. The summed E-state index contributed by atoms with van der Waals surface area (Å²) >= 11 is 6.04. The van der Waals surface area contributed by atoms with Crippen LogP contribution in [0.5, 0.6) is 0 Å². The molecule has 160 valence electrons. The van der Waals surface area contributed by atoms with Crippen molar-refractivity contribution >= 4 is 45.6 Å². The van der Waals surface area contributed by atoms with Gasteiger partial charge in [0.15, 0.2) is 0 Å². The summed E-state index contributed by atoms with van der Waals surface area (Å²) in [6, 6.07) is 4.02. The number of amides is 2. The third kappa shape index (κ3) is 3.68. The SMILES string of the molecule is O=C1NC(=O)C(c2cn(CCCO)c3ncccc23)=C1c1ncc(C(F)(F)F)cc1Cl. The highest BCUT2D eigenvalue weighted by Crippen LogP contribution is 2.38. The molecule has 0 aromatic carbocycles. The molecule has 0 aliphatic carbocycles. The zero-order valence-electron chi connectivity index (χ0n) is 15.7. The monoisotopic (exact) mass is 450 g/mol. The fraction of sp³-hybridized carbons (Fsp3) is 0.200. The predicted octanol–water partition coefficient (Wildman–Crippen LogP) is 3.05. The van der Waals surface area contributed by atoms with Crippen LogP contribution in [0.2, 0.25) is 5.02 Å². The number of carbonyl (C=O) groups is 2. The number of nitrogens with zero attached hydrogens (tertiary/aromatic N) is 3. The van der Waals surface area contributed by atoms with Crippen molar-refractivity contribution in [2.24, 2.45) is 0 Å². The van der Waals surface area contributed by atoms with Gasteiger partial charge in [-0.05, 0) is 24.6 Å². The molecular formula is C20H14ClF3N4O3. The molecule has 0 unspecified atom stereocenters. The number of aliphatic hydroxyl groups is 1. The average molecular weight is 451 g/mol. The molecule has 0 spiro atoms. The molecule has 3 aromatic rings. The molecule has 11 heteroatoms.